The third-order valence-electron chi connectivity index (χ3n) is 11.3. The smallest absolute Gasteiger partial charge is 0.265 e. The second kappa shape index (κ2) is 15.3. The summed E-state index contributed by atoms with van der Waals surface area (Å²) >= 11 is 0. The summed E-state index contributed by atoms with van der Waals surface area (Å²) in [6.45, 7) is 2.44. The van der Waals surface area contributed by atoms with Gasteiger partial charge < -0.3 is 19.9 Å². The predicted octanol–water partition coefficient (Wildman–Crippen LogP) is 3.53. The Labute approximate surface area is 327 Å². The van der Waals surface area contributed by atoms with Crippen molar-refractivity contribution in [3.63, 3.8) is 0 Å². The van der Waals surface area contributed by atoms with Crippen LogP contribution in [0.5, 0.6) is 0 Å². The van der Waals surface area contributed by atoms with Gasteiger partial charge in [-0.3, -0.25) is 49.0 Å². The van der Waals surface area contributed by atoms with Crippen LogP contribution in [0.25, 0.3) is 0 Å². The summed E-state index contributed by atoms with van der Waals surface area (Å²) in [5.41, 5.74) is 3.81. The molecule has 8 rings (SSSR count). The maximum Gasteiger partial charge on any atom is 0.265 e. The number of carbonyl (C=O) groups excluding carboxylic acids is 6. The van der Waals surface area contributed by atoms with Crippen LogP contribution in [0.2, 0.25) is 0 Å². The van der Waals surface area contributed by atoms with Gasteiger partial charge in [0.05, 0.1) is 29.9 Å². The first kappa shape index (κ1) is 37.7. The molecular weight excluding hydrogens is 735 g/mol. The Morgan fingerprint density at radius 1 is 0.982 bits per heavy atom. The Kier molecular flexibility index (Phi) is 10.1. The molecule has 0 aliphatic carbocycles. The number of imide groups is 2. The van der Waals surface area contributed by atoms with Crippen molar-refractivity contribution in [2.45, 2.75) is 63.5 Å². The maximum absolute atomic E-state index is 15.3. The molecule has 2 saturated heterocycles. The average Bonchev–Trinajstić information content (AvgIpc) is 3.88. The molecular formula is C41H41FN8O7. The number of nitrogens with zero attached hydrogens (tertiary/aromatic N) is 5. The summed E-state index contributed by atoms with van der Waals surface area (Å²) in [4.78, 5) is 83.8. The fraction of sp³-hybridized carbons (Fsp3) is 0.341. The molecule has 2 fully saturated rings. The quantitative estimate of drug-likeness (QED) is 0.202. The highest BCUT2D eigenvalue weighted by Gasteiger charge is 2.46. The third kappa shape index (κ3) is 7.17. The van der Waals surface area contributed by atoms with Crippen LogP contribution in [0.4, 0.5) is 15.9 Å². The topological polar surface area (TPSA) is 177 Å². The number of fused-ring (bicyclic) bond motifs is 2. The summed E-state index contributed by atoms with van der Waals surface area (Å²) in [6, 6.07) is 18.4. The van der Waals surface area contributed by atoms with Crippen LogP contribution in [-0.2, 0) is 38.8 Å². The summed E-state index contributed by atoms with van der Waals surface area (Å²) in [6.07, 6.45) is 0.865. The molecule has 3 N–H and O–H groups in total. The van der Waals surface area contributed by atoms with Crippen LogP contribution >= 0.6 is 0 Å². The number of aromatic nitrogens is 2. The van der Waals surface area contributed by atoms with Crippen molar-refractivity contribution < 1.29 is 37.9 Å². The number of hydrogen-bond donors (Lipinski definition) is 3. The van der Waals surface area contributed by atoms with Crippen LogP contribution in [-0.4, -0.2) is 99.7 Å². The lowest BCUT2D eigenvalue weighted by Gasteiger charge is -2.38. The molecule has 1 aromatic heterocycles. The Bertz CT molecular complexity index is 2270. The van der Waals surface area contributed by atoms with Crippen molar-refractivity contribution in [2.75, 3.05) is 37.5 Å². The number of H-pyrrole nitrogens is 1. The number of anilines is 2. The van der Waals surface area contributed by atoms with Gasteiger partial charge in [0.15, 0.2) is 11.9 Å². The minimum atomic E-state index is -1.16. The highest BCUT2D eigenvalue weighted by Crippen LogP contribution is 2.33. The van der Waals surface area contributed by atoms with Crippen molar-refractivity contribution in [1.29, 1.82) is 0 Å². The molecule has 2 atom stereocenters. The minimum Gasteiger partial charge on any atom is -0.371 e. The van der Waals surface area contributed by atoms with E-state index in [2.05, 4.69) is 30.6 Å². The van der Waals surface area contributed by atoms with Gasteiger partial charge in [0, 0.05) is 56.0 Å². The SMILES string of the molecule is CO[C@@H](C(=O)N1Cc2[nH]nc(NC(=O)c3ccc(N4CCC(N(C)Cc5cc(F)c6c(c5)C(=O)N(C5CCC(=O)NC5=O)C6=O)CC4)cc3)c2C1)c1ccccc1. The molecule has 0 saturated carbocycles. The Hall–Kier alpha value is -6.26. The van der Waals surface area contributed by atoms with Gasteiger partial charge in [0.25, 0.3) is 23.6 Å². The van der Waals surface area contributed by atoms with Crippen LogP contribution in [0.15, 0.2) is 66.7 Å². The summed E-state index contributed by atoms with van der Waals surface area (Å²) in [7, 11) is 3.44. The third-order valence-corrected chi connectivity index (χ3v) is 11.3. The fourth-order valence-corrected chi connectivity index (χ4v) is 8.25. The number of amides is 6. The van der Waals surface area contributed by atoms with E-state index in [1.54, 1.807) is 17.0 Å². The number of rotatable bonds is 10. The van der Waals surface area contributed by atoms with Gasteiger partial charge >= 0.3 is 0 Å². The van der Waals surface area contributed by atoms with E-state index in [1.807, 2.05) is 49.5 Å². The molecule has 3 aromatic carbocycles. The van der Waals surface area contributed by atoms with Gasteiger partial charge in [0.2, 0.25) is 11.8 Å². The fourth-order valence-electron chi connectivity index (χ4n) is 8.25. The van der Waals surface area contributed by atoms with Crippen molar-refractivity contribution in [3.8, 4) is 0 Å². The number of piperidine rings is 2. The lowest BCUT2D eigenvalue weighted by Crippen LogP contribution is -2.54. The second-order valence-corrected chi connectivity index (χ2v) is 14.8. The minimum absolute atomic E-state index is 0.00414. The number of benzene rings is 3. The van der Waals surface area contributed by atoms with Crippen LogP contribution in [0, 0.1) is 5.82 Å². The highest BCUT2D eigenvalue weighted by molar-refractivity contribution is 6.23. The van der Waals surface area contributed by atoms with Crippen LogP contribution in [0.1, 0.15) is 85.2 Å². The zero-order valence-corrected chi connectivity index (χ0v) is 31.4. The van der Waals surface area contributed by atoms with Crippen LogP contribution in [0.3, 0.4) is 0 Å². The van der Waals surface area contributed by atoms with E-state index >= 15 is 4.39 Å². The van der Waals surface area contributed by atoms with Gasteiger partial charge in [-0.2, -0.15) is 5.10 Å². The van der Waals surface area contributed by atoms with Crippen molar-refractivity contribution in [3.05, 3.63) is 112 Å². The maximum atomic E-state index is 15.3. The summed E-state index contributed by atoms with van der Waals surface area (Å²) in [5.74, 6) is -3.77. The lowest BCUT2D eigenvalue weighted by molar-refractivity contribution is -0.143. The van der Waals surface area contributed by atoms with E-state index in [-0.39, 0.29) is 48.4 Å². The Morgan fingerprint density at radius 3 is 2.42 bits per heavy atom. The van der Waals surface area contributed by atoms with E-state index < -0.39 is 41.6 Å². The normalized spacial score (nSPS) is 18.9. The van der Waals surface area contributed by atoms with Gasteiger partial charge in [-0.05, 0) is 73.8 Å². The zero-order chi connectivity index (χ0) is 40.0. The van der Waals surface area contributed by atoms with E-state index in [0.29, 0.717) is 30.0 Å². The monoisotopic (exact) mass is 776 g/mol. The standard InChI is InChI=1S/C41H41FN8O7/c1-47(20-23-18-28-34(30(42)19-23)40(55)50(39(28)54)32-12-13-33(51)43-38(32)53)26-14-16-48(17-15-26)27-10-8-25(9-11-27)37(52)44-36-29-21-49(22-31(29)45-46-36)41(56)35(57-2)24-6-4-3-5-7-24/h3-11,18-19,26,32,35H,12-17,20-22H2,1-2H3,(H,43,51,53)(H2,44,45,46,52)/t32?,35-/m1/s1. The predicted molar refractivity (Wildman–Crippen MR) is 203 cm³/mol. The molecule has 0 radical (unpaired) electrons. The average molecular weight is 777 g/mol. The van der Waals surface area contributed by atoms with Gasteiger partial charge in [0.1, 0.15) is 11.9 Å². The molecule has 0 bridgehead atoms. The summed E-state index contributed by atoms with van der Waals surface area (Å²) < 4.78 is 20.9. The van der Waals surface area contributed by atoms with E-state index in [0.717, 1.165) is 53.3 Å². The number of aromatic amines is 1. The molecule has 16 heteroatoms. The molecule has 6 amide bonds. The second-order valence-electron chi connectivity index (χ2n) is 14.8. The van der Waals surface area contributed by atoms with Crippen molar-refractivity contribution in [1.82, 2.24) is 30.2 Å². The number of carbonyl (C=O) groups is 6. The molecule has 15 nitrogen and oxygen atoms in total. The molecule has 1 unspecified atom stereocenters. The first-order valence-electron chi connectivity index (χ1n) is 18.8. The largest absolute Gasteiger partial charge is 0.371 e. The first-order chi connectivity index (χ1) is 27.5. The summed E-state index contributed by atoms with van der Waals surface area (Å²) in [5, 5.41) is 12.3. The van der Waals surface area contributed by atoms with Gasteiger partial charge in [-0.25, -0.2) is 4.39 Å². The molecule has 4 aromatic rings. The van der Waals surface area contributed by atoms with Gasteiger partial charge in [-0.1, -0.05) is 30.3 Å². The molecule has 294 valence electrons. The number of halogens is 1. The number of hydrogen-bond acceptors (Lipinski definition) is 10. The van der Waals surface area contributed by atoms with Crippen molar-refractivity contribution >= 4 is 46.9 Å². The van der Waals surface area contributed by atoms with E-state index in [9.17, 15) is 28.8 Å². The Balaban J connectivity index is 0.840. The van der Waals surface area contributed by atoms with E-state index in [1.165, 1.54) is 19.2 Å². The molecule has 4 aliphatic rings. The van der Waals surface area contributed by atoms with Crippen LogP contribution < -0.4 is 15.5 Å². The highest BCUT2D eigenvalue weighted by atomic mass is 19.1. The first-order valence-corrected chi connectivity index (χ1v) is 18.8. The molecule has 57 heavy (non-hydrogen) atoms. The zero-order valence-electron chi connectivity index (χ0n) is 31.4. The number of methoxy groups -OCH3 is 1. The number of nitrogens with one attached hydrogen (secondary N) is 3. The van der Waals surface area contributed by atoms with E-state index in [4.69, 9.17) is 4.74 Å². The lowest BCUT2D eigenvalue weighted by atomic mass is 10.0. The van der Waals surface area contributed by atoms with Crippen molar-refractivity contribution in [2.24, 2.45) is 0 Å². The molecule has 4 aliphatic heterocycles. The number of ether oxygens (including phenoxy) is 1. The molecule has 5 heterocycles. The Morgan fingerprint density at radius 2 is 1.72 bits per heavy atom. The molecule has 0 spiro atoms. The van der Waals surface area contributed by atoms with Gasteiger partial charge in [-0.15, -0.1) is 0 Å².